The lowest BCUT2D eigenvalue weighted by atomic mass is 10.2. The maximum Gasteiger partial charge on any atom is 0.279 e. The van der Waals surface area contributed by atoms with E-state index in [2.05, 4.69) is 51.1 Å². The number of aromatic nitrogens is 5. The van der Waals surface area contributed by atoms with Crippen molar-refractivity contribution >= 4 is 40.1 Å². The molecule has 6 heterocycles. The summed E-state index contributed by atoms with van der Waals surface area (Å²) in [4.78, 5) is 46.7. The monoisotopic (exact) mass is 565 g/mol. The van der Waals surface area contributed by atoms with Crippen LogP contribution in [0.1, 0.15) is 19.3 Å². The molecule has 4 aromatic rings. The largest absolute Gasteiger partial charge is 0.480 e. The van der Waals surface area contributed by atoms with Gasteiger partial charge in [-0.1, -0.05) is 5.92 Å². The number of amides is 1. The summed E-state index contributed by atoms with van der Waals surface area (Å²) >= 11 is 0. The summed E-state index contributed by atoms with van der Waals surface area (Å²) in [6.07, 6.45) is 3.83. The Bertz CT molecular complexity index is 1780. The number of carbonyl (C=O) groups excluding carboxylic acids is 1. The Hall–Kier alpha value is -4.89. The SMILES string of the molecule is CN1CCN(c2ccc(Nc3ncc4c(=O)n5n(c4n3)-c3ccc4c(n3)N(CCCCC#CC5)C(=O)CO4)cc2)CC1. The van der Waals surface area contributed by atoms with Crippen molar-refractivity contribution in [1.82, 2.24) is 29.2 Å². The number of nitrogens with one attached hydrogen (secondary N) is 1. The molecule has 2 bridgehead atoms. The van der Waals surface area contributed by atoms with E-state index in [1.807, 2.05) is 12.1 Å². The van der Waals surface area contributed by atoms with Gasteiger partial charge in [-0.2, -0.15) is 4.98 Å². The van der Waals surface area contributed by atoms with E-state index in [4.69, 9.17) is 14.7 Å². The van der Waals surface area contributed by atoms with Crippen LogP contribution in [0, 0.1) is 11.8 Å². The Balaban J connectivity index is 1.27. The second kappa shape index (κ2) is 10.8. The first kappa shape index (κ1) is 26.0. The van der Waals surface area contributed by atoms with Crippen LogP contribution < -0.4 is 25.4 Å². The molecule has 214 valence electrons. The molecule has 12 heteroatoms. The molecule has 0 spiro atoms. The molecule has 0 unspecified atom stereocenters. The lowest BCUT2D eigenvalue weighted by Crippen LogP contribution is -2.44. The van der Waals surface area contributed by atoms with Crippen LogP contribution in [0.4, 0.5) is 23.1 Å². The van der Waals surface area contributed by atoms with Crippen molar-refractivity contribution in [3.8, 4) is 23.4 Å². The third-order valence-corrected chi connectivity index (χ3v) is 7.90. The van der Waals surface area contributed by atoms with Gasteiger partial charge >= 0.3 is 0 Å². The van der Waals surface area contributed by atoms with E-state index < -0.39 is 0 Å². The highest BCUT2D eigenvalue weighted by Gasteiger charge is 2.28. The molecule has 1 N–H and O–H groups in total. The number of ether oxygens (including phenoxy) is 1. The molecule has 7 rings (SSSR count). The first-order valence-corrected chi connectivity index (χ1v) is 14.2. The van der Waals surface area contributed by atoms with Crippen LogP contribution in [-0.4, -0.2) is 81.5 Å². The smallest absolute Gasteiger partial charge is 0.279 e. The Morgan fingerprint density at radius 3 is 2.60 bits per heavy atom. The van der Waals surface area contributed by atoms with E-state index >= 15 is 0 Å². The molecule has 3 aromatic heterocycles. The minimum Gasteiger partial charge on any atom is -0.480 e. The molecule has 12 nitrogen and oxygen atoms in total. The van der Waals surface area contributed by atoms with Gasteiger partial charge in [0.2, 0.25) is 5.95 Å². The number of anilines is 4. The van der Waals surface area contributed by atoms with Gasteiger partial charge in [-0.05, 0) is 56.3 Å². The second-order valence-corrected chi connectivity index (χ2v) is 10.7. The number of hydrogen-bond acceptors (Lipinski definition) is 9. The first-order valence-electron chi connectivity index (χ1n) is 14.2. The minimum absolute atomic E-state index is 0.0242. The van der Waals surface area contributed by atoms with Crippen molar-refractivity contribution < 1.29 is 9.53 Å². The average Bonchev–Trinajstić information content (AvgIpc) is 3.28. The minimum atomic E-state index is -0.263. The zero-order valence-corrected chi connectivity index (χ0v) is 23.4. The molecule has 1 aromatic carbocycles. The molecular formula is C30H31N9O3. The van der Waals surface area contributed by atoms with Gasteiger partial charge in [-0.3, -0.25) is 14.5 Å². The van der Waals surface area contributed by atoms with Crippen LogP contribution in [0.3, 0.4) is 0 Å². The molecular weight excluding hydrogens is 534 g/mol. The average molecular weight is 566 g/mol. The number of pyridine rings is 1. The topological polar surface area (TPSA) is 114 Å². The van der Waals surface area contributed by atoms with Crippen LogP contribution in [-0.2, 0) is 11.3 Å². The number of hydrogen-bond donors (Lipinski definition) is 1. The molecule has 0 radical (unpaired) electrons. The van der Waals surface area contributed by atoms with Gasteiger partial charge in [0.05, 0.1) is 0 Å². The van der Waals surface area contributed by atoms with Gasteiger partial charge in [0.1, 0.15) is 11.9 Å². The molecule has 3 aliphatic heterocycles. The normalized spacial score (nSPS) is 17.3. The van der Waals surface area contributed by atoms with E-state index in [0.29, 0.717) is 47.3 Å². The van der Waals surface area contributed by atoms with Gasteiger partial charge < -0.3 is 19.9 Å². The molecule has 1 saturated heterocycles. The van der Waals surface area contributed by atoms with Crippen LogP contribution in [0.25, 0.3) is 16.9 Å². The Labute approximate surface area is 242 Å². The van der Waals surface area contributed by atoms with E-state index in [-0.39, 0.29) is 24.6 Å². The van der Waals surface area contributed by atoms with E-state index in [0.717, 1.165) is 44.7 Å². The van der Waals surface area contributed by atoms with Crippen molar-refractivity contribution in [2.24, 2.45) is 0 Å². The van der Waals surface area contributed by atoms with Gasteiger partial charge in [0.25, 0.3) is 11.5 Å². The lowest BCUT2D eigenvalue weighted by molar-refractivity contribution is -0.121. The van der Waals surface area contributed by atoms with E-state index in [1.54, 1.807) is 21.7 Å². The van der Waals surface area contributed by atoms with Crippen LogP contribution >= 0.6 is 0 Å². The van der Waals surface area contributed by atoms with Crippen molar-refractivity contribution in [3.63, 3.8) is 0 Å². The van der Waals surface area contributed by atoms with Gasteiger partial charge in [0.15, 0.2) is 29.6 Å². The Morgan fingerprint density at radius 2 is 1.76 bits per heavy atom. The third kappa shape index (κ3) is 4.81. The summed E-state index contributed by atoms with van der Waals surface area (Å²) in [5, 5.41) is 3.63. The molecule has 0 saturated carbocycles. The highest BCUT2D eigenvalue weighted by Crippen LogP contribution is 2.32. The number of likely N-dealkylation sites (N-methyl/N-ethyl adjacent to an activating group) is 1. The number of carbonyl (C=O) groups is 1. The van der Waals surface area contributed by atoms with Gasteiger partial charge in [-0.15, -0.1) is 5.92 Å². The molecule has 1 amide bonds. The Morgan fingerprint density at radius 1 is 0.929 bits per heavy atom. The van der Waals surface area contributed by atoms with Crippen molar-refractivity contribution in [2.75, 3.05) is 61.5 Å². The van der Waals surface area contributed by atoms with Crippen molar-refractivity contribution in [1.29, 1.82) is 0 Å². The zero-order chi connectivity index (χ0) is 28.6. The Kier molecular flexibility index (Phi) is 6.71. The standard InChI is InChI=1S/C30H31N9O3/c1-35-15-17-36(18-16-35)22-9-7-21(8-10-22)32-30-31-19-23-27(34-30)39-25-12-11-24-28(33-25)37(26(40)20-42-24)13-5-3-2-4-6-14-38(39)29(23)41/h7-12,19H,2-3,5,13-18,20H2,1H3,(H,31,32,34). The van der Waals surface area contributed by atoms with Gasteiger partial charge in [0, 0.05) is 56.7 Å². The number of piperazine rings is 1. The fourth-order valence-corrected chi connectivity index (χ4v) is 5.53. The number of nitrogens with zero attached hydrogens (tertiary/aromatic N) is 8. The van der Waals surface area contributed by atoms with Crippen molar-refractivity contribution in [2.45, 2.75) is 25.8 Å². The van der Waals surface area contributed by atoms with Crippen LogP contribution in [0.5, 0.6) is 5.75 Å². The predicted molar refractivity (Wildman–Crippen MR) is 160 cm³/mol. The van der Waals surface area contributed by atoms with Crippen molar-refractivity contribution in [3.05, 3.63) is 52.9 Å². The number of benzene rings is 1. The predicted octanol–water partition coefficient (Wildman–Crippen LogP) is 2.39. The fourth-order valence-electron chi connectivity index (χ4n) is 5.53. The highest BCUT2D eigenvalue weighted by molar-refractivity contribution is 5.96. The van der Waals surface area contributed by atoms with Crippen LogP contribution in [0.15, 0.2) is 47.4 Å². The lowest BCUT2D eigenvalue weighted by Gasteiger charge is -2.34. The first-order chi connectivity index (χ1) is 20.5. The van der Waals surface area contributed by atoms with Gasteiger partial charge in [-0.25, -0.2) is 19.3 Å². The van der Waals surface area contributed by atoms with E-state index in [1.165, 1.54) is 16.6 Å². The van der Waals surface area contributed by atoms with Crippen LogP contribution in [0.2, 0.25) is 0 Å². The zero-order valence-electron chi connectivity index (χ0n) is 23.4. The maximum atomic E-state index is 13.5. The van der Waals surface area contributed by atoms with E-state index in [9.17, 15) is 9.59 Å². The molecule has 3 aliphatic rings. The highest BCUT2D eigenvalue weighted by atomic mass is 16.5. The number of rotatable bonds is 3. The summed E-state index contributed by atoms with van der Waals surface area (Å²) < 4.78 is 8.84. The molecule has 0 atom stereocenters. The molecule has 1 fully saturated rings. The summed E-state index contributed by atoms with van der Waals surface area (Å²) in [5.41, 5.74) is 2.14. The molecule has 0 aliphatic carbocycles. The summed E-state index contributed by atoms with van der Waals surface area (Å²) in [5.74, 6) is 7.91. The third-order valence-electron chi connectivity index (χ3n) is 7.90. The maximum absolute atomic E-state index is 13.5. The summed E-state index contributed by atoms with van der Waals surface area (Å²) in [6.45, 7) is 4.75. The quantitative estimate of drug-likeness (QED) is 0.374. The fraction of sp³-hybridized carbons (Fsp3) is 0.367. The second-order valence-electron chi connectivity index (χ2n) is 10.7. The summed E-state index contributed by atoms with van der Waals surface area (Å²) in [7, 11) is 2.15. The summed E-state index contributed by atoms with van der Waals surface area (Å²) in [6, 6.07) is 11.7. The number of fused-ring (bicyclic) bond motifs is 5. The molecule has 42 heavy (non-hydrogen) atoms.